The molecule has 8 heteroatoms. The SMILES string of the molecule is Cc1cc(C(=O)O)ccc1-c1ccc(C=Nn2c(C(C)(C)C)nc3ccc(Br)cc3c2=O)o1. The van der Waals surface area contributed by atoms with Gasteiger partial charge in [-0.1, -0.05) is 42.8 Å². The Kier molecular flexibility index (Phi) is 5.80. The number of fused-ring (bicyclic) bond motifs is 1. The maximum atomic E-state index is 13.2. The smallest absolute Gasteiger partial charge is 0.335 e. The van der Waals surface area contributed by atoms with E-state index in [0.717, 1.165) is 15.6 Å². The minimum Gasteiger partial charge on any atom is -0.478 e. The number of carboxylic acids is 1. The highest BCUT2D eigenvalue weighted by Crippen LogP contribution is 2.27. The third-order valence-electron chi connectivity index (χ3n) is 5.15. The van der Waals surface area contributed by atoms with E-state index in [1.165, 1.54) is 17.0 Å². The van der Waals surface area contributed by atoms with Crippen LogP contribution in [0.5, 0.6) is 0 Å². The van der Waals surface area contributed by atoms with Crippen LogP contribution < -0.4 is 5.56 Å². The fourth-order valence-electron chi connectivity index (χ4n) is 3.50. The molecule has 0 aliphatic rings. The second-order valence-electron chi connectivity index (χ2n) is 8.75. The van der Waals surface area contributed by atoms with Crippen LogP contribution in [0, 0.1) is 6.92 Å². The van der Waals surface area contributed by atoms with Gasteiger partial charge in [-0.2, -0.15) is 9.78 Å². The average Bonchev–Trinajstić information content (AvgIpc) is 3.21. The van der Waals surface area contributed by atoms with Gasteiger partial charge in [0.15, 0.2) is 0 Å². The number of nitrogens with zero attached hydrogens (tertiary/aromatic N) is 3. The molecule has 0 amide bonds. The normalized spacial score (nSPS) is 12.0. The van der Waals surface area contributed by atoms with E-state index in [4.69, 9.17) is 14.5 Å². The molecule has 0 saturated heterocycles. The number of furan rings is 1. The number of aryl methyl sites for hydroxylation is 1. The molecule has 0 aliphatic heterocycles. The van der Waals surface area contributed by atoms with Gasteiger partial charge in [-0.05, 0) is 55.0 Å². The van der Waals surface area contributed by atoms with Gasteiger partial charge in [0, 0.05) is 15.5 Å². The molecule has 1 N–H and O–H groups in total. The summed E-state index contributed by atoms with van der Waals surface area (Å²) in [5.74, 6) is 0.584. The molecule has 0 radical (unpaired) electrons. The van der Waals surface area contributed by atoms with Crippen LogP contribution in [0.25, 0.3) is 22.2 Å². The molecule has 2 aromatic heterocycles. The Bertz CT molecular complexity index is 1480. The Labute approximate surface area is 198 Å². The summed E-state index contributed by atoms with van der Waals surface area (Å²) in [5.41, 5.74) is 1.70. The highest BCUT2D eigenvalue weighted by Gasteiger charge is 2.23. The zero-order chi connectivity index (χ0) is 23.9. The molecular formula is C25H22BrN3O4. The van der Waals surface area contributed by atoms with Crippen molar-refractivity contribution in [1.29, 1.82) is 0 Å². The van der Waals surface area contributed by atoms with E-state index in [1.807, 2.05) is 33.8 Å². The van der Waals surface area contributed by atoms with Gasteiger partial charge in [-0.15, -0.1) is 0 Å². The molecule has 0 unspecified atom stereocenters. The first-order valence-electron chi connectivity index (χ1n) is 10.3. The van der Waals surface area contributed by atoms with Crippen LogP contribution >= 0.6 is 15.9 Å². The van der Waals surface area contributed by atoms with Crippen molar-refractivity contribution in [3.8, 4) is 11.3 Å². The number of aromatic nitrogens is 2. The third kappa shape index (κ3) is 4.52. The van der Waals surface area contributed by atoms with Crippen LogP contribution in [0.1, 0.15) is 48.3 Å². The van der Waals surface area contributed by atoms with Gasteiger partial charge in [0.25, 0.3) is 5.56 Å². The fraction of sp³-hybridized carbons (Fsp3) is 0.200. The Morgan fingerprint density at radius 1 is 1.15 bits per heavy atom. The minimum atomic E-state index is -0.979. The Hall–Kier alpha value is -3.52. The summed E-state index contributed by atoms with van der Waals surface area (Å²) in [6.45, 7) is 7.74. The van der Waals surface area contributed by atoms with Gasteiger partial charge in [-0.3, -0.25) is 4.79 Å². The molecule has 0 bridgehead atoms. The molecule has 0 fully saturated rings. The Morgan fingerprint density at radius 3 is 2.58 bits per heavy atom. The summed E-state index contributed by atoms with van der Waals surface area (Å²) in [5, 5.41) is 14.0. The highest BCUT2D eigenvalue weighted by molar-refractivity contribution is 9.10. The lowest BCUT2D eigenvalue weighted by atomic mass is 9.95. The zero-order valence-corrected chi connectivity index (χ0v) is 20.2. The lowest BCUT2D eigenvalue weighted by Crippen LogP contribution is -2.29. The van der Waals surface area contributed by atoms with E-state index in [1.54, 1.807) is 36.4 Å². The maximum absolute atomic E-state index is 13.2. The van der Waals surface area contributed by atoms with Gasteiger partial charge < -0.3 is 9.52 Å². The highest BCUT2D eigenvalue weighted by atomic mass is 79.9. The van der Waals surface area contributed by atoms with Crippen molar-refractivity contribution < 1.29 is 14.3 Å². The molecule has 0 spiro atoms. The van der Waals surface area contributed by atoms with Crippen LogP contribution in [-0.2, 0) is 5.41 Å². The summed E-state index contributed by atoms with van der Waals surface area (Å²) >= 11 is 3.41. The summed E-state index contributed by atoms with van der Waals surface area (Å²) < 4.78 is 8.00. The van der Waals surface area contributed by atoms with Gasteiger partial charge in [0.2, 0.25) is 0 Å². The summed E-state index contributed by atoms with van der Waals surface area (Å²) in [6.07, 6.45) is 1.48. The number of carbonyl (C=O) groups is 1. The van der Waals surface area contributed by atoms with E-state index < -0.39 is 11.4 Å². The molecule has 0 aliphatic carbocycles. The van der Waals surface area contributed by atoms with Crippen molar-refractivity contribution in [3.63, 3.8) is 0 Å². The van der Waals surface area contributed by atoms with Crippen LogP contribution in [-0.4, -0.2) is 27.0 Å². The van der Waals surface area contributed by atoms with Crippen LogP contribution in [0.4, 0.5) is 0 Å². The predicted octanol–water partition coefficient (Wildman–Crippen LogP) is 5.61. The number of aromatic carboxylic acids is 1. The van der Waals surface area contributed by atoms with Crippen molar-refractivity contribution in [2.24, 2.45) is 5.10 Å². The molecule has 4 aromatic rings. The Morgan fingerprint density at radius 2 is 1.91 bits per heavy atom. The third-order valence-corrected chi connectivity index (χ3v) is 5.64. The predicted molar refractivity (Wildman–Crippen MR) is 131 cm³/mol. The van der Waals surface area contributed by atoms with Crippen molar-refractivity contribution in [2.45, 2.75) is 33.1 Å². The molecule has 2 aromatic carbocycles. The lowest BCUT2D eigenvalue weighted by molar-refractivity contribution is 0.0697. The molecule has 0 atom stereocenters. The zero-order valence-electron chi connectivity index (χ0n) is 18.6. The molecule has 7 nitrogen and oxygen atoms in total. The van der Waals surface area contributed by atoms with Crippen LogP contribution in [0.15, 0.2) is 67.3 Å². The Balaban J connectivity index is 1.75. The number of carboxylic acid groups (broad SMARTS) is 1. The van der Waals surface area contributed by atoms with Crippen molar-refractivity contribution >= 4 is 39.0 Å². The molecule has 33 heavy (non-hydrogen) atoms. The minimum absolute atomic E-state index is 0.217. The maximum Gasteiger partial charge on any atom is 0.335 e. The van der Waals surface area contributed by atoms with Gasteiger partial charge in [0.05, 0.1) is 22.7 Å². The largest absolute Gasteiger partial charge is 0.478 e. The summed E-state index contributed by atoms with van der Waals surface area (Å²) in [7, 11) is 0. The summed E-state index contributed by atoms with van der Waals surface area (Å²) in [6, 6.07) is 13.8. The lowest BCUT2D eigenvalue weighted by Gasteiger charge is -2.20. The fourth-order valence-corrected chi connectivity index (χ4v) is 3.86. The standard InChI is InChI=1S/C25H22BrN3O4/c1-14-11-15(23(31)32)5-8-18(14)21-10-7-17(33-21)13-27-29-22(30)19-12-16(26)6-9-20(19)28-24(29)25(2,3)4/h5-13H,1-4H3,(H,31,32). The summed E-state index contributed by atoms with van der Waals surface area (Å²) in [4.78, 5) is 29.1. The number of hydrogen-bond donors (Lipinski definition) is 1. The number of benzene rings is 2. The van der Waals surface area contributed by atoms with E-state index in [2.05, 4.69) is 21.0 Å². The van der Waals surface area contributed by atoms with Crippen LogP contribution in [0.2, 0.25) is 0 Å². The first-order chi connectivity index (χ1) is 15.5. The van der Waals surface area contributed by atoms with E-state index in [9.17, 15) is 9.59 Å². The quantitative estimate of drug-likeness (QED) is 0.362. The first kappa shape index (κ1) is 22.7. The second kappa shape index (κ2) is 8.44. The molecule has 4 rings (SSSR count). The van der Waals surface area contributed by atoms with E-state index in [0.29, 0.717) is 28.2 Å². The van der Waals surface area contributed by atoms with Crippen molar-refractivity contribution in [3.05, 3.63) is 86.1 Å². The second-order valence-corrected chi connectivity index (χ2v) is 9.66. The van der Waals surface area contributed by atoms with Crippen molar-refractivity contribution in [1.82, 2.24) is 9.66 Å². The molecule has 168 valence electrons. The van der Waals surface area contributed by atoms with E-state index in [-0.39, 0.29) is 11.1 Å². The number of halogens is 1. The van der Waals surface area contributed by atoms with Gasteiger partial charge >= 0.3 is 5.97 Å². The molecule has 2 heterocycles. The molecular weight excluding hydrogens is 486 g/mol. The molecule has 0 saturated carbocycles. The number of hydrogen-bond acceptors (Lipinski definition) is 5. The van der Waals surface area contributed by atoms with Gasteiger partial charge in [0.1, 0.15) is 17.3 Å². The monoisotopic (exact) mass is 507 g/mol. The van der Waals surface area contributed by atoms with Gasteiger partial charge in [-0.25, -0.2) is 9.78 Å². The van der Waals surface area contributed by atoms with Crippen LogP contribution in [0.3, 0.4) is 0 Å². The first-order valence-corrected chi connectivity index (χ1v) is 11.1. The average molecular weight is 508 g/mol. The number of rotatable bonds is 4. The topological polar surface area (TPSA) is 97.7 Å². The van der Waals surface area contributed by atoms with Crippen molar-refractivity contribution in [2.75, 3.05) is 0 Å². The van der Waals surface area contributed by atoms with E-state index >= 15 is 0 Å².